The molecule has 0 bridgehead atoms. The van der Waals surface area contributed by atoms with E-state index in [4.69, 9.17) is 10.7 Å². The number of nitrogens with two attached hydrogens (primary N) is 1. The molecular formula is C19H27N5O. The van der Waals surface area contributed by atoms with Crippen LogP contribution in [0.5, 0.6) is 0 Å². The Morgan fingerprint density at radius 2 is 1.92 bits per heavy atom. The molecule has 25 heavy (non-hydrogen) atoms. The highest BCUT2D eigenvalue weighted by atomic mass is 16.1. The van der Waals surface area contributed by atoms with Gasteiger partial charge in [-0.05, 0) is 42.7 Å². The lowest BCUT2D eigenvalue weighted by Crippen LogP contribution is -2.49. The summed E-state index contributed by atoms with van der Waals surface area (Å²) in [6.07, 6.45) is 4.11. The lowest BCUT2D eigenvalue weighted by Gasteiger charge is -2.35. The van der Waals surface area contributed by atoms with Crippen molar-refractivity contribution in [2.75, 3.05) is 37.6 Å². The first-order chi connectivity index (χ1) is 12.0. The molecule has 0 unspecified atom stereocenters. The second-order valence-corrected chi connectivity index (χ2v) is 7.51. The zero-order valence-corrected chi connectivity index (χ0v) is 15.2. The van der Waals surface area contributed by atoms with E-state index in [1.807, 2.05) is 0 Å². The number of carbonyl (C=O) groups excluding carboxylic acids is 1. The Morgan fingerprint density at radius 3 is 2.52 bits per heavy atom. The molecule has 1 saturated heterocycles. The molecular weight excluding hydrogens is 314 g/mol. The lowest BCUT2D eigenvalue weighted by molar-refractivity contribution is -0.119. The molecule has 1 aromatic rings. The molecule has 1 amide bonds. The Morgan fingerprint density at radius 1 is 1.24 bits per heavy atom. The average Bonchev–Trinajstić information content (AvgIpc) is 3.04. The monoisotopic (exact) mass is 341 g/mol. The summed E-state index contributed by atoms with van der Waals surface area (Å²) in [5, 5.41) is 9.77. The third-order valence-electron chi connectivity index (χ3n) is 5.10. The van der Waals surface area contributed by atoms with Crippen molar-refractivity contribution in [3.8, 4) is 6.07 Å². The van der Waals surface area contributed by atoms with Crippen LogP contribution >= 0.6 is 0 Å². The van der Waals surface area contributed by atoms with Gasteiger partial charge in [0.05, 0.1) is 12.1 Å². The molecule has 2 aliphatic rings. The van der Waals surface area contributed by atoms with Gasteiger partial charge in [-0.1, -0.05) is 13.8 Å². The number of nitriles is 1. The Bertz CT molecular complexity index is 699. The predicted octanol–water partition coefficient (Wildman–Crippen LogP) is 1.25. The quantitative estimate of drug-likeness (QED) is 0.871. The Kier molecular flexibility index (Phi) is 5.24. The number of fused-ring (bicyclic) bond motifs is 1. The van der Waals surface area contributed by atoms with Crippen molar-refractivity contribution in [2.45, 2.75) is 39.5 Å². The van der Waals surface area contributed by atoms with Crippen molar-refractivity contribution in [1.29, 1.82) is 5.26 Å². The third-order valence-corrected chi connectivity index (χ3v) is 5.10. The molecule has 2 heterocycles. The molecule has 134 valence electrons. The van der Waals surface area contributed by atoms with Crippen LogP contribution in [0.2, 0.25) is 0 Å². The zero-order chi connectivity index (χ0) is 18.0. The van der Waals surface area contributed by atoms with Gasteiger partial charge in [-0.15, -0.1) is 0 Å². The molecule has 2 N–H and O–H groups in total. The Hall–Kier alpha value is -2.13. The van der Waals surface area contributed by atoms with Gasteiger partial charge in [-0.2, -0.15) is 5.26 Å². The summed E-state index contributed by atoms with van der Waals surface area (Å²) in [4.78, 5) is 20.3. The number of carbonyl (C=O) groups is 1. The van der Waals surface area contributed by atoms with Crippen molar-refractivity contribution >= 4 is 11.7 Å². The summed E-state index contributed by atoms with van der Waals surface area (Å²) >= 11 is 0. The topological polar surface area (TPSA) is 86.2 Å². The predicted molar refractivity (Wildman–Crippen MR) is 97.4 cm³/mol. The maximum atomic E-state index is 11.1. The highest BCUT2D eigenvalue weighted by Gasteiger charge is 2.28. The molecule has 3 rings (SSSR count). The summed E-state index contributed by atoms with van der Waals surface area (Å²) in [5.41, 5.74) is 9.78. The van der Waals surface area contributed by atoms with Gasteiger partial charge in [0.2, 0.25) is 5.91 Å². The molecule has 6 nitrogen and oxygen atoms in total. The van der Waals surface area contributed by atoms with Gasteiger partial charge in [0.25, 0.3) is 0 Å². The fourth-order valence-corrected chi connectivity index (χ4v) is 3.96. The summed E-state index contributed by atoms with van der Waals surface area (Å²) < 4.78 is 0. The first-order valence-corrected chi connectivity index (χ1v) is 9.20. The van der Waals surface area contributed by atoms with Crippen LogP contribution in [0, 0.1) is 17.2 Å². The van der Waals surface area contributed by atoms with E-state index in [2.05, 4.69) is 29.7 Å². The normalized spacial score (nSPS) is 17.6. The number of amides is 1. The summed E-state index contributed by atoms with van der Waals surface area (Å²) in [5.74, 6) is 1.10. The fourth-order valence-electron chi connectivity index (χ4n) is 3.96. The number of primary amides is 1. The average molecular weight is 341 g/mol. The highest BCUT2D eigenvalue weighted by Crippen LogP contribution is 2.34. The van der Waals surface area contributed by atoms with Crippen LogP contribution in [0.15, 0.2) is 0 Å². The maximum Gasteiger partial charge on any atom is 0.231 e. The SMILES string of the molecule is CC(C)Cc1nc(N2CCN(CC(N)=O)CC2)c(C#N)c2c1CCC2. The number of hydrogen-bond acceptors (Lipinski definition) is 5. The molecule has 0 aromatic carbocycles. The highest BCUT2D eigenvalue weighted by molar-refractivity contribution is 5.76. The van der Waals surface area contributed by atoms with Crippen LogP contribution in [0.3, 0.4) is 0 Å². The minimum atomic E-state index is -0.291. The number of aromatic nitrogens is 1. The molecule has 1 fully saturated rings. The first kappa shape index (κ1) is 17.7. The van der Waals surface area contributed by atoms with E-state index in [1.54, 1.807) is 0 Å². The second-order valence-electron chi connectivity index (χ2n) is 7.51. The number of piperazine rings is 1. The number of pyridine rings is 1. The number of anilines is 1. The van der Waals surface area contributed by atoms with Crippen molar-refractivity contribution in [2.24, 2.45) is 11.7 Å². The van der Waals surface area contributed by atoms with E-state index in [0.717, 1.165) is 63.2 Å². The smallest absolute Gasteiger partial charge is 0.231 e. The van der Waals surface area contributed by atoms with Crippen molar-refractivity contribution < 1.29 is 4.79 Å². The standard InChI is InChI=1S/C19H27N5O/c1-13(2)10-17-15-5-3-4-14(15)16(11-20)19(22-17)24-8-6-23(7-9-24)12-18(21)25/h13H,3-10,12H2,1-2H3,(H2,21,25). The van der Waals surface area contributed by atoms with Crippen molar-refractivity contribution in [3.05, 3.63) is 22.4 Å². The summed E-state index contributed by atoms with van der Waals surface area (Å²) in [7, 11) is 0. The van der Waals surface area contributed by atoms with E-state index >= 15 is 0 Å². The third kappa shape index (κ3) is 3.77. The van der Waals surface area contributed by atoms with Gasteiger partial charge in [-0.25, -0.2) is 4.98 Å². The molecule has 0 radical (unpaired) electrons. The zero-order valence-electron chi connectivity index (χ0n) is 15.2. The van der Waals surface area contributed by atoms with Crippen LogP contribution in [0.25, 0.3) is 0 Å². The number of rotatable bonds is 5. The largest absolute Gasteiger partial charge is 0.369 e. The van der Waals surface area contributed by atoms with Crippen LogP contribution in [0.4, 0.5) is 5.82 Å². The van der Waals surface area contributed by atoms with Gasteiger partial charge in [0.1, 0.15) is 11.9 Å². The minimum absolute atomic E-state index is 0.291. The van der Waals surface area contributed by atoms with Gasteiger partial charge < -0.3 is 10.6 Å². The van der Waals surface area contributed by atoms with E-state index in [9.17, 15) is 10.1 Å². The Labute approximate surface area is 149 Å². The summed E-state index contributed by atoms with van der Waals surface area (Å²) in [6, 6.07) is 2.43. The van der Waals surface area contributed by atoms with Gasteiger partial charge in [-0.3, -0.25) is 9.69 Å². The van der Waals surface area contributed by atoms with E-state index in [0.29, 0.717) is 12.5 Å². The summed E-state index contributed by atoms with van der Waals surface area (Å²) in [6.45, 7) is 7.81. The van der Waals surface area contributed by atoms with E-state index < -0.39 is 0 Å². The first-order valence-electron chi connectivity index (χ1n) is 9.20. The van der Waals surface area contributed by atoms with E-state index in [1.165, 1.54) is 16.8 Å². The second kappa shape index (κ2) is 7.40. The van der Waals surface area contributed by atoms with Crippen molar-refractivity contribution in [3.63, 3.8) is 0 Å². The lowest BCUT2D eigenvalue weighted by atomic mass is 9.97. The molecule has 0 atom stereocenters. The maximum absolute atomic E-state index is 11.1. The number of nitrogens with zero attached hydrogens (tertiary/aromatic N) is 4. The van der Waals surface area contributed by atoms with Gasteiger partial charge in [0, 0.05) is 31.9 Å². The van der Waals surface area contributed by atoms with E-state index in [-0.39, 0.29) is 5.91 Å². The van der Waals surface area contributed by atoms with Gasteiger partial charge in [0.15, 0.2) is 0 Å². The van der Waals surface area contributed by atoms with Crippen molar-refractivity contribution in [1.82, 2.24) is 9.88 Å². The van der Waals surface area contributed by atoms with Gasteiger partial charge >= 0.3 is 0 Å². The van der Waals surface area contributed by atoms with Crippen LogP contribution < -0.4 is 10.6 Å². The molecule has 0 saturated carbocycles. The molecule has 1 aromatic heterocycles. The Balaban J connectivity index is 1.88. The fraction of sp³-hybridized carbons (Fsp3) is 0.632. The van der Waals surface area contributed by atoms with Crippen LogP contribution in [-0.2, 0) is 24.1 Å². The molecule has 1 aliphatic heterocycles. The molecule has 6 heteroatoms. The van der Waals surface area contributed by atoms with Crippen LogP contribution in [-0.4, -0.2) is 48.5 Å². The number of hydrogen-bond donors (Lipinski definition) is 1. The van der Waals surface area contributed by atoms with Crippen LogP contribution in [0.1, 0.15) is 42.7 Å². The minimum Gasteiger partial charge on any atom is -0.369 e. The molecule has 0 spiro atoms. The molecule has 1 aliphatic carbocycles.